The van der Waals surface area contributed by atoms with Gasteiger partial charge in [-0.05, 0) is 38.4 Å². The van der Waals surface area contributed by atoms with E-state index in [1.807, 2.05) is 59.2 Å². The molecule has 6 nitrogen and oxygen atoms in total. The van der Waals surface area contributed by atoms with Gasteiger partial charge in [0.2, 0.25) is 0 Å². The first-order valence-corrected chi connectivity index (χ1v) is 8.50. The molecule has 1 amide bonds. The molecule has 0 saturated heterocycles. The highest BCUT2D eigenvalue weighted by Gasteiger charge is 2.15. The molecule has 0 spiro atoms. The van der Waals surface area contributed by atoms with Crippen LogP contribution >= 0.6 is 11.3 Å². The molecule has 0 unspecified atom stereocenters. The number of carbonyl (C=O) groups excluding carboxylic acids is 1. The van der Waals surface area contributed by atoms with Gasteiger partial charge in [-0.25, -0.2) is 4.98 Å². The van der Waals surface area contributed by atoms with Crippen LogP contribution < -0.4 is 10.1 Å². The summed E-state index contributed by atoms with van der Waals surface area (Å²) < 4.78 is 7.02. The van der Waals surface area contributed by atoms with Gasteiger partial charge in [0.1, 0.15) is 11.4 Å². The summed E-state index contributed by atoms with van der Waals surface area (Å²) in [7, 11) is 5.60. The number of hydrogen-bond donors (Lipinski definition) is 1. The lowest BCUT2D eigenvalue weighted by molar-refractivity contribution is 0.0945. The molecule has 0 atom stereocenters. The molecule has 1 aromatic carbocycles. The van der Waals surface area contributed by atoms with Crippen LogP contribution in [0.25, 0.3) is 16.2 Å². The molecular formula is C17H20N4O2S. The predicted molar refractivity (Wildman–Crippen MR) is 95.9 cm³/mol. The molecule has 2 heterocycles. The summed E-state index contributed by atoms with van der Waals surface area (Å²) in [5, 5.41) is 4.77. The van der Waals surface area contributed by atoms with Gasteiger partial charge in [-0.2, -0.15) is 0 Å². The maximum atomic E-state index is 12.3. The van der Waals surface area contributed by atoms with Crippen molar-refractivity contribution in [2.24, 2.45) is 0 Å². The van der Waals surface area contributed by atoms with Gasteiger partial charge in [-0.1, -0.05) is 0 Å². The van der Waals surface area contributed by atoms with Gasteiger partial charge < -0.3 is 15.0 Å². The molecule has 0 aliphatic rings. The number of carbonyl (C=O) groups is 1. The van der Waals surface area contributed by atoms with E-state index < -0.39 is 0 Å². The molecule has 1 N–H and O–H groups in total. The second kappa shape index (κ2) is 7.02. The summed E-state index contributed by atoms with van der Waals surface area (Å²) in [4.78, 5) is 19.8. The number of amides is 1. The Kier molecular flexibility index (Phi) is 4.82. The number of methoxy groups -OCH3 is 1. The van der Waals surface area contributed by atoms with Gasteiger partial charge in [-0.15, -0.1) is 11.3 Å². The smallest absolute Gasteiger partial charge is 0.269 e. The summed E-state index contributed by atoms with van der Waals surface area (Å²) in [5.41, 5.74) is 2.44. The average Bonchev–Trinajstić information content (AvgIpc) is 3.14. The number of nitrogens with one attached hydrogen (secondary N) is 1. The number of rotatable bonds is 6. The van der Waals surface area contributed by atoms with Crippen LogP contribution in [0.3, 0.4) is 0 Å². The van der Waals surface area contributed by atoms with Crippen LogP contribution in [0.15, 0.2) is 35.8 Å². The average molecular weight is 344 g/mol. The summed E-state index contributed by atoms with van der Waals surface area (Å²) in [6, 6.07) is 7.72. The number of imidazole rings is 1. The molecule has 0 aliphatic carbocycles. The Morgan fingerprint density at radius 3 is 2.75 bits per heavy atom. The molecule has 7 heteroatoms. The first-order valence-electron chi connectivity index (χ1n) is 7.62. The lowest BCUT2D eigenvalue weighted by Gasteiger charge is -2.09. The fourth-order valence-corrected chi connectivity index (χ4v) is 3.18. The Hall–Kier alpha value is -2.38. The van der Waals surface area contributed by atoms with E-state index in [2.05, 4.69) is 10.3 Å². The first kappa shape index (κ1) is 16.5. The number of fused-ring (bicyclic) bond motifs is 1. The molecule has 0 fully saturated rings. The van der Waals surface area contributed by atoms with Gasteiger partial charge in [0, 0.05) is 30.2 Å². The first-order chi connectivity index (χ1) is 11.6. The Morgan fingerprint density at radius 2 is 2.08 bits per heavy atom. The van der Waals surface area contributed by atoms with Gasteiger partial charge in [0.25, 0.3) is 5.91 Å². The second-order valence-corrected chi connectivity index (χ2v) is 6.52. The standard InChI is InChI=1S/C17H20N4O2S/c1-20(2)9-8-18-16(22)15-11-24-17-19-14(10-21(15)17)12-4-6-13(23-3)7-5-12/h4-7,10-11H,8-9H2,1-3H3,(H,18,22). The highest BCUT2D eigenvalue weighted by molar-refractivity contribution is 7.15. The van der Waals surface area contributed by atoms with Crippen molar-refractivity contribution in [3.05, 3.63) is 41.5 Å². The quantitative estimate of drug-likeness (QED) is 0.746. The Labute approximate surface area is 144 Å². The van der Waals surface area contributed by atoms with E-state index >= 15 is 0 Å². The third-order valence-electron chi connectivity index (χ3n) is 3.67. The minimum Gasteiger partial charge on any atom is -0.497 e. The molecule has 0 bridgehead atoms. The highest BCUT2D eigenvalue weighted by Crippen LogP contribution is 2.25. The Bertz CT molecular complexity index is 836. The molecule has 3 aromatic rings. The van der Waals surface area contributed by atoms with Crippen LogP contribution in [0.5, 0.6) is 5.75 Å². The molecule has 0 radical (unpaired) electrons. The SMILES string of the molecule is COc1ccc(-c2cn3c(C(=O)NCCN(C)C)csc3n2)cc1. The number of thiazole rings is 1. The Balaban J connectivity index is 1.81. The minimum absolute atomic E-state index is 0.0817. The van der Waals surface area contributed by atoms with Crippen LogP contribution in [-0.2, 0) is 0 Å². The molecule has 3 rings (SSSR count). The number of nitrogens with zero attached hydrogens (tertiary/aromatic N) is 3. The van der Waals surface area contributed by atoms with Gasteiger partial charge in [0.05, 0.1) is 12.8 Å². The molecule has 0 saturated carbocycles. The van der Waals surface area contributed by atoms with Crippen molar-refractivity contribution in [1.29, 1.82) is 0 Å². The normalized spacial score (nSPS) is 11.2. The number of likely N-dealkylation sites (N-methyl/N-ethyl adjacent to an activating group) is 1. The summed E-state index contributed by atoms with van der Waals surface area (Å²) in [6.45, 7) is 1.42. The maximum absolute atomic E-state index is 12.3. The largest absolute Gasteiger partial charge is 0.497 e. The number of hydrogen-bond acceptors (Lipinski definition) is 5. The molecule has 24 heavy (non-hydrogen) atoms. The fourth-order valence-electron chi connectivity index (χ4n) is 2.33. The van der Waals surface area contributed by atoms with Crippen LogP contribution in [0.4, 0.5) is 0 Å². The van der Waals surface area contributed by atoms with Crippen LogP contribution in [0, 0.1) is 0 Å². The third kappa shape index (κ3) is 3.42. The summed E-state index contributed by atoms with van der Waals surface area (Å²) in [5.74, 6) is 0.725. The highest BCUT2D eigenvalue weighted by atomic mass is 32.1. The van der Waals surface area contributed by atoms with Crippen molar-refractivity contribution in [2.75, 3.05) is 34.3 Å². The van der Waals surface area contributed by atoms with Gasteiger partial charge >= 0.3 is 0 Å². The van der Waals surface area contributed by atoms with Crippen molar-refractivity contribution in [3.63, 3.8) is 0 Å². The second-order valence-electron chi connectivity index (χ2n) is 5.69. The van der Waals surface area contributed by atoms with E-state index in [9.17, 15) is 4.79 Å². The van der Waals surface area contributed by atoms with Crippen molar-refractivity contribution in [2.45, 2.75) is 0 Å². The van der Waals surface area contributed by atoms with E-state index in [0.29, 0.717) is 12.2 Å². The van der Waals surface area contributed by atoms with E-state index in [0.717, 1.165) is 28.5 Å². The minimum atomic E-state index is -0.0817. The Morgan fingerprint density at radius 1 is 1.33 bits per heavy atom. The molecular weight excluding hydrogens is 324 g/mol. The zero-order valence-corrected chi connectivity index (χ0v) is 14.8. The van der Waals surface area contributed by atoms with E-state index in [1.165, 1.54) is 11.3 Å². The monoisotopic (exact) mass is 344 g/mol. The number of aromatic nitrogens is 2. The van der Waals surface area contributed by atoms with Gasteiger partial charge in [-0.3, -0.25) is 9.20 Å². The van der Waals surface area contributed by atoms with Crippen molar-refractivity contribution < 1.29 is 9.53 Å². The summed E-state index contributed by atoms with van der Waals surface area (Å²) >= 11 is 1.46. The van der Waals surface area contributed by atoms with E-state index in [1.54, 1.807) is 7.11 Å². The molecule has 126 valence electrons. The third-order valence-corrected chi connectivity index (χ3v) is 4.51. The maximum Gasteiger partial charge on any atom is 0.269 e. The van der Waals surface area contributed by atoms with Crippen molar-refractivity contribution >= 4 is 22.2 Å². The summed E-state index contributed by atoms with van der Waals surface area (Å²) in [6.07, 6.45) is 1.90. The number of benzene rings is 1. The van der Waals surface area contributed by atoms with E-state index in [-0.39, 0.29) is 5.91 Å². The van der Waals surface area contributed by atoms with Crippen LogP contribution in [-0.4, -0.2) is 54.5 Å². The van der Waals surface area contributed by atoms with E-state index in [4.69, 9.17) is 4.74 Å². The van der Waals surface area contributed by atoms with Crippen molar-refractivity contribution in [1.82, 2.24) is 19.6 Å². The molecule has 2 aromatic heterocycles. The predicted octanol–water partition coefficient (Wildman–Crippen LogP) is 2.36. The van der Waals surface area contributed by atoms with Crippen LogP contribution in [0.2, 0.25) is 0 Å². The number of ether oxygens (including phenoxy) is 1. The van der Waals surface area contributed by atoms with Crippen LogP contribution in [0.1, 0.15) is 10.5 Å². The zero-order valence-electron chi connectivity index (χ0n) is 13.9. The fraction of sp³-hybridized carbons (Fsp3) is 0.294. The van der Waals surface area contributed by atoms with Crippen molar-refractivity contribution in [3.8, 4) is 17.0 Å². The topological polar surface area (TPSA) is 58.9 Å². The lowest BCUT2D eigenvalue weighted by atomic mass is 10.2. The molecule has 0 aliphatic heterocycles. The lowest BCUT2D eigenvalue weighted by Crippen LogP contribution is -2.31. The van der Waals surface area contributed by atoms with Gasteiger partial charge in [0.15, 0.2) is 4.96 Å². The zero-order chi connectivity index (χ0) is 17.1.